The molecule has 4 heteroatoms. The molecule has 0 saturated carbocycles. The summed E-state index contributed by atoms with van der Waals surface area (Å²) in [6, 6.07) is -0.229. The van der Waals surface area contributed by atoms with Crippen LogP contribution in [0.2, 0.25) is 0 Å². The lowest BCUT2D eigenvalue weighted by molar-refractivity contribution is -0.145. The Balaban J connectivity index is 0. The molecule has 0 aliphatic rings. The van der Waals surface area contributed by atoms with Crippen molar-refractivity contribution in [3.8, 4) is 0 Å². The van der Waals surface area contributed by atoms with E-state index in [0.717, 1.165) is 0 Å². The van der Waals surface area contributed by atoms with Crippen molar-refractivity contribution in [3.05, 3.63) is 0 Å². The molecule has 0 amide bonds. The molecule has 0 aliphatic heterocycles. The van der Waals surface area contributed by atoms with Crippen molar-refractivity contribution in [2.45, 2.75) is 26.8 Å². The van der Waals surface area contributed by atoms with E-state index < -0.39 is 0 Å². The summed E-state index contributed by atoms with van der Waals surface area (Å²) in [5, 5.41) is 2.92. The van der Waals surface area contributed by atoms with Gasteiger partial charge in [-0.2, -0.15) is 0 Å². The van der Waals surface area contributed by atoms with Gasteiger partial charge in [0.15, 0.2) is 0 Å². The van der Waals surface area contributed by atoms with Gasteiger partial charge in [0, 0.05) is 0 Å². The van der Waals surface area contributed by atoms with Crippen molar-refractivity contribution < 1.29 is 9.53 Å². The molecule has 74 valence electrons. The highest BCUT2D eigenvalue weighted by atomic mass is 35.5. The molecule has 1 atom stereocenters. The number of hydrogen-bond acceptors (Lipinski definition) is 3. The first kappa shape index (κ1) is 14.3. The second-order valence-corrected chi connectivity index (χ2v) is 3.61. The van der Waals surface area contributed by atoms with Gasteiger partial charge in [-0.1, -0.05) is 20.8 Å². The number of carbonyl (C=O) groups is 1. The molecule has 3 nitrogen and oxygen atoms in total. The molecule has 0 fully saturated rings. The molecule has 0 aromatic carbocycles. The highest BCUT2D eigenvalue weighted by Crippen LogP contribution is 2.19. The fourth-order valence-corrected chi connectivity index (χ4v) is 1.02. The van der Waals surface area contributed by atoms with E-state index in [0.29, 0.717) is 0 Å². The number of hydrogen-bond donors (Lipinski definition) is 1. The lowest BCUT2D eigenvalue weighted by atomic mass is 9.87. The summed E-state index contributed by atoms with van der Waals surface area (Å²) in [6.45, 7) is 5.97. The minimum atomic E-state index is -0.229. The fourth-order valence-electron chi connectivity index (χ4n) is 1.02. The summed E-state index contributed by atoms with van der Waals surface area (Å²) in [5.74, 6) is -0.208. The molecule has 0 heterocycles. The minimum absolute atomic E-state index is 0. The SMILES string of the molecule is CNC(C(=O)OC)C(C)(C)C.Cl. The molecular weight excluding hydrogens is 178 g/mol. The van der Waals surface area contributed by atoms with Crippen molar-refractivity contribution in [3.63, 3.8) is 0 Å². The van der Waals surface area contributed by atoms with Crippen LogP contribution in [0.4, 0.5) is 0 Å². The Hall–Kier alpha value is -0.280. The highest BCUT2D eigenvalue weighted by molar-refractivity contribution is 5.85. The Labute approximate surface area is 80.3 Å². The van der Waals surface area contributed by atoms with Gasteiger partial charge in [-0.25, -0.2) is 0 Å². The molecule has 0 aromatic rings. The van der Waals surface area contributed by atoms with E-state index in [9.17, 15) is 4.79 Å². The molecule has 0 spiro atoms. The van der Waals surface area contributed by atoms with E-state index in [-0.39, 0.29) is 29.8 Å². The third-order valence-corrected chi connectivity index (χ3v) is 1.59. The van der Waals surface area contributed by atoms with Gasteiger partial charge < -0.3 is 10.1 Å². The number of likely N-dealkylation sites (N-methyl/N-ethyl adjacent to an activating group) is 1. The predicted octanol–water partition coefficient (Wildman–Crippen LogP) is 1.22. The lowest BCUT2D eigenvalue weighted by Crippen LogP contribution is -2.45. The largest absolute Gasteiger partial charge is 0.468 e. The van der Waals surface area contributed by atoms with Crippen molar-refractivity contribution >= 4 is 18.4 Å². The number of rotatable bonds is 2. The fraction of sp³-hybridized carbons (Fsp3) is 0.875. The number of ether oxygens (including phenoxy) is 1. The smallest absolute Gasteiger partial charge is 0.323 e. The molecule has 0 bridgehead atoms. The van der Waals surface area contributed by atoms with Crippen LogP contribution in [0.25, 0.3) is 0 Å². The van der Waals surface area contributed by atoms with Crippen LogP contribution in [0, 0.1) is 5.41 Å². The topological polar surface area (TPSA) is 38.3 Å². The zero-order valence-electron chi connectivity index (χ0n) is 8.30. The van der Waals surface area contributed by atoms with Gasteiger partial charge in [0.1, 0.15) is 6.04 Å². The molecule has 0 radical (unpaired) electrons. The molecule has 1 unspecified atom stereocenters. The van der Waals surface area contributed by atoms with Gasteiger partial charge in [0.05, 0.1) is 7.11 Å². The van der Waals surface area contributed by atoms with E-state index in [2.05, 4.69) is 10.1 Å². The van der Waals surface area contributed by atoms with E-state index in [1.807, 2.05) is 20.8 Å². The Morgan fingerprint density at radius 1 is 1.42 bits per heavy atom. The normalized spacial score (nSPS) is 13.1. The number of esters is 1. The van der Waals surface area contributed by atoms with Crippen LogP contribution >= 0.6 is 12.4 Å². The van der Waals surface area contributed by atoms with E-state index in [1.165, 1.54) is 7.11 Å². The quantitative estimate of drug-likeness (QED) is 0.674. The first-order valence-electron chi connectivity index (χ1n) is 3.68. The van der Waals surface area contributed by atoms with Crippen LogP contribution in [-0.4, -0.2) is 26.2 Å². The summed E-state index contributed by atoms with van der Waals surface area (Å²) in [5.41, 5.74) is -0.0954. The monoisotopic (exact) mass is 195 g/mol. The second kappa shape index (κ2) is 5.38. The first-order chi connectivity index (χ1) is 4.93. The van der Waals surface area contributed by atoms with Gasteiger partial charge in [-0.3, -0.25) is 4.79 Å². The van der Waals surface area contributed by atoms with E-state index in [1.54, 1.807) is 7.05 Å². The van der Waals surface area contributed by atoms with Crippen molar-refractivity contribution in [2.24, 2.45) is 5.41 Å². The summed E-state index contributed by atoms with van der Waals surface area (Å²) in [7, 11) is 3.16. The zero-order valence-corrected chi connectivity index (χ0v) is 9.12. The van der Waals surface area contributed by atoms with Gasteiger partial charge in [0.25, 0.3) is 0 Å². The molecular formula is C8H18ClNO2. The average molecular weight is 196 g/mol. The lowest BCUT2D eigenvalue weighted by Gasteiger charge is -2.27. The van der Waals surface area contributed by atoms with Crippen LogP contribution in [-0.2, 0) is 9.53 Å². The van der Waals surface area contributed by atoms with Crippen LogP contribution in [0.15, 0.2) is 0 Å². The van der Waals surface area contributed by atoms with Crippen molar-refractivity contribution in [1.29, 1.82) is 0 Å². The number of methoxy groups -OCH3 is 1. The summed E-state index contributed by atoms with van der Waals surface area (Å²) < 4.78 is 4.63. The summed E-state index contributed by atoms with van der Waals surface area (Å²) in [6.07, 6.45) is 0. The van der Waals surface area contributed by atoms with Crippen molar-refractivity contribution in [1.82, 2.24) is 5.32 Å². The standard InChI is InChI=1S/C8H17NO2.ClH/c1-8(2,3)6(9-4)7(10)11-5;/h6,9H,1-5H3;1H. The predicted molar refractivity (Wildman–Crippen MR) is 51.6 cm³/mol. The van der Waals surface area contributed by atoms with Crippen LogP contribution in [0.1, 0.15) is 20.8 Å². The zero-order chi connectivity index (χ0) is 9.07. The van der Waals surface area contributed by atoms with Crippen LogP contribution < -0.4 is 5.32 Å². The van der Waals surface area contributed by atoms with E-state index >= 15 is 0 Å². The molecule has 1 N–H and O–H groups in total. The second-order valence-electron chi connectivity index (χ2n) is 3.61. The third-order valence-electron chi connectivity index (χ3n) is 1.59. The first-order valence-corrected chi connectivity index (χ1v) is 3.68. The summed E-state index contributed by atoms with van der Waals surface area (Å²) in [4.78, 5) is 11.1. The Kier molecular flexibility index (Phi) is 6.39. The Bertz CT molecular complexity index is 142. The van der Waals surface area contributed by atoms with Gasteiger partial charge in [-0.15, -0.1) is 12.4 Å². The van der Waals surface area contributed by atoms with Crippen molar-refractivity contribution in [2.75, 3.05) is 14.2 Å². The molecule has 0 saturated heterocycles. The molecule has 12 heavy (non-hydrogen) atoms. The number of halogens is 1. The van der Waals surface area contributed by atoms with Gasteiger partial charge in [-0.05, 0) is 12.5 Å². The maximum absolute atomic E-state index is 11.1. The van der Waals surface area contributed by atoms with Crippen LogP contribution in [0.5, 0.6) is 0 Å². The minimum Gasteiger partial charge on any atom is -0.468 e. The maximum atomic E-state index is 11.1. The summed E-state index contributed by atoms with van der Waals surface area (Å²) >= 11 is 0. The maximum Gasteiger partial charge on any atom is 0.323 e. The number of carbonyl (C=O) groups excluding carboxylic acids is 1. The molecule has 0 rings (SSSR count). The Morgan fingerprint density at radius 2 is 1.83 bits per heavy atom. The Morgan fingerprint density at radius 3 is 1.92 bits per heavy atom. The highest BCUT2D eigenvalue weighted by Gasteiger charge is 2.30. The average Bonchev–Trinajstić information content (AvgIpc) is 1.86. The third kappa shape index (κ3) is 3.93. The van der Waals surface area contributed by atoms with Crippen LogP contribution in [0.3, 0.4) is 0 Å². The molecule has 0 aromatic heterocycles. The van der Waals surface area contributed by atoms with Gasteiger partial charge in [0.2, 0.25) is 0 Å². The van der Waals surface area contributed by atoms with Gasteiger partial charge >= 0.3 is 5.97 Å². The number of nitrogens with one attached hydrogen (secondary N) is 1. The van der Waals surface area contributed by atoms with E-state index in [4.69, 9.17) is 0 Å². The molecule has 0 aliphatic carbocycles.